The van der Waals surface area contributed by atoms with Gasteiger partial charge in [0.05, 0.1) is 11.4 Å². The van der Waals surface area contributed by atoms with Gasteiger partial charge in [-0.25, -0.2) is 22.0 Å². The number of rotatable bonds is 4. The third kappa shape index (κ3) is 3.61. The Bertz CT molecular complexity index is 1470. The molecule has 166 valence electrons. The first-order chi connectivity index (χ1) is 15.8. The first kappa shape index (κ1) is 20.8. The first-order valence-corrected chi connectivity index (χ1v) is 11.1. The van der Waals surface area contributed by atoms with Crippen LogP contribution in [0, 0.1) is 11.6 Å². The molecular weight excluding hydrogens is 454 g/mol. The summed E-state index contributed by atoms with van der Waals surface area (Å²) in [5, 5.41) is 3.83. The highest BCUT2D eigenvalue weighted by Crippen LogP contribution is 2.37. The normalized spacial score (nSPS) is 14.9. The second-order valence-electron chi connectivity index (χ2n) is 7.10. The van der Waals surface area contributed by atoms with E-state index in [0.29, 0.717) is 9.87 Å². The maximum absolute atomic E-state index is 13.5. The molecule has 8 nitrogen and oxygen atoms in total. The van der Waals surface area contributed by atoms with Crippen molar-refractivity contribution in [3.05, 3.63) is 90.3 Å². The number of carbonyl (C=O) groups excluding carboxylic acids is 1. The van der Waals surface area contributed by atoms with E-state index in [0.717, 1.165) is 12.1 Å². The van der Waals surface area contributed by atoms with Crippen LogP contribution in [0.5, 0.6) is 0 Å². The topological polar surface area (TPSA) is 96.6 Å². The number of anilines is 2. The van der Waals surface area contributed by atoms with Crippen LogP contribution in [0.2, 0.25) is 0 Å². The number of nitrogens with zero attached hydrogens (tertiary/aromatic N) is 4. The summed E-state index contributed by atoms with van der Waals surface area (Å²) in [7, 11) is -4.25. The summed E-state index contributed by atoms with van der Waals surface area (Å²) >= 11 is 0. The van der Waals surface area contributed by atoms with E-state index in [1.54, 1.807) is 12.1 Å². The lowest BCUT2D eigenvalue weighted by Crippen LogP contribution is -2.50. The molecule has 3 aromatic carbocycles. The molecule has 2 heterocycles. The van der Waals surface area contributed by atoms with Crippen LogP contribution >= 0.6 is 0 Å². The number of para-hydroxylation sites is 1. The van der Waals surface area contributed by atoms with E-state index in [1.165, 1.54) is 53.4 Å². The van der Waals surface area contributed by atoms with Gasteiger partial charge in [0.15, 0.2) is 0 Å². The molecule has 0 spiro atoms. The number of halogens is 2. The third-order valence-electron chi connectivity index (χ3n) is 4.98. The predicted molar refractivity (Wildman–Crippen MR) is 114 cm³/mol. The van der Waals surface area contributed by atoms with Crippen LogP contribution in [-0.4, -0.2) is 24.6 Å². The van der Waals surface area contributed by atoms with Crippen molar-refractivity contribution in [1.29, 1.82) is 0 Å². The minimum absolute atomic E-state index is 0.00997. The van der Waals surface area contributed by atoms with Crippen molar-refractivity contribution >= 4 is 27.4 Å². The molecule has 2 amide bonds. The van der Waals surface area contributed by atoms with Crippen LogP contribution in [0.3, 0.4) is 0 Å². The number of amides is 2. The maximum atomic E-state index is 13.5. The Morgan fingerprint density at radius 2 is 1.67 bits per heavy atom. The SMILES string of the molecule is O=C1N(Cc2nc(-c3cccc(F)c3)no2)c2ccccc2S(=O)(=O)N1c1ccc(F)cc1. The maximum Gasteiger partial charge on any atom is 0.343 e. The Morgan fingerprint density at radius 1 is 0.909 bits per heavy atom. The lowest BCUT2D eigenvalue weighted by Gasteiger charge is -2.35. The van der Waals surface area contributed by atoms with E-state index in [9.17, 15) is 22.0 Å². The van der Waals surface area contributed by atoms with Crippen LogP contribution < -0.4 is 9.21 Å². The van der Waals surface area contributed by atoms with Crippen molar-refractivity contribution in [2.75, 3.05) is 9.21 Å². The first-order valence-electron chi connectivity index (χ1n) is 9.64. The smallest absolute Gasteiger partial charge is 0.337 e. The average Bonchev–Trinajstić information content (AvgIpc) is 3.27. The molecule has 0 fully saturated rings. The van der Waals surface area contributed by atoms with Gasteiger partial charge in [-0.05, 0) is 48.5 Å². The molecule has 33 heavy (non-hydrogen) atoms. The van der Waals surface area contributed by atoms with Crippen LogP contribution in [-0.2, 0) is 16.6 Å². The van der Waals surface area contributed by atoms with Crippen LogP contribution in [0.15, 0.2) is 82.2 Å². The van der Waals surface area contributed by atoms with Crippen molar-refractivity contribution in [2.45, 2.75) is 11.4 Å². The number of urea groups is 1. The van der Waals surface area contributed by atoms with Crippen molar-refractivity contribution in [2.24, 2.45) is 0 Å². The molecule has 1 aromatic heterocycles. The van der Waals surface area contributed by atoms with Gasteiger partial charge in [-0.15, -0.1) is 0 Å². The molecule has 0 unspecified atom stereocenters. The van der Waals surface area contributed by atoms with Gasteiger partial charge in [-0.2, -0.15) is 9.29 Å². The van der Waals surface area contributed by atoms with Crippen LogP contribution in [0.25, 0.3) is 11.4 Å². The van der Waals surface area contributed by atoms with Gasteiger partial charge in [-0.3, -0.25) is 4.90 Å². The molecule has 0 N–H and O–H groups in total. The Balaban J connectivity index is 1.56. The van der Waals surface area contributed by atoms with E-state index in [-0.39, 0.29) is 34.5 Å². The van der Waals surface area contributed by atoms with Gasteiger partial charge >= 0.3 is 6.03 Å². The molecule has 0 radical (unpaired) electrons. The fourth-order valence-electron chi connectivity index (χ4n) is 3.49. The number of carbonyl (C=O) groups is 1. The van der Waals surface area contributed by atoms with Gasteiger partial charge < -0.3 is 4.52 Å². The Morgan fingerprint density at radius 3 is 2.42 bits per heavy atom. The molecule has 0 aliphatic carbocycles. The van der Waals surface area contributed by atoms with Gasteiger partial charge in [-0.1, -0.05) is 29.4 Å². The zero-order valence-electron chi connectivity index (χ0n) is 16.7. The number of sulfonamides is 1. The van der Waals surface area contributed by atoms with E-state index in [2.05, 4.69) is 10.1 Å². The highest BCUT2D eigenvalue weighted by atomic mass is 32.2. The summed E-state index contributed by atoms with van der Waals surface area (Å²) < 4.78 is 59.2. The molecule has 5 rings (SSSR count). The summed E-state index contributed by atoms with van der Waals surface area (Å²) in [6.07, 6.45) is 0. The summed E-state index contributed by atoms with van der Waals surface area (Å²) in [5.74, 6) is -0.922. The van der Waals surface area contributed by atoms with Gasteiger partial charge in [0, 0.05) is 5.56 Å². The molecule has 4 aromatic rings. The second-order valence-corrected chi connectivity index (χ2v) is 8.86. The zero-order valence-corrected chi connectivity index (χ0v) is 17.5. The van der Waals surface area contributed by atoms with E-state index in [4.69, 9.17) is 4.52 Å². The minimum Gasteiger partial charge on any atom is -0.337 e. The highest BCUT2D eigenvalue weighted by Gasteiger charge is 2.43. The standard InChI is InChI=1S/C22H14F2N4O4S/c23-15-8-10-17(11-9-15)28-22(29)27(18-6-1-2-7-19(18)33(28,30)31)13-20-25-21(26-32-20)14-4-3-5-16(24)12-14/h1-12H,13H2. The van der Waals surface area contributed by atoms with E-state index < -0.39 is 27.7 Å². The number of fused-ring (bicyclic) bond motifs is 1. The Kier molecular flexibility index (Phi) is 4.90. The zero-order chi connectivity index (χ0) is 23.2. The van der Waals surface area contributed by atoms with Crippen molar-refractivity contribution < 1.29 is 26.5 Å². The average molecular weight is 468 g/mol. The predicted octanol–water partition coefficient (Wildman–Crippen LogP) is 4.35. The molecule has 0 saturated heterocycles. The lowest BCUT2D eigenvalue weighted by molar-refractivity contribution is 0.252. The van der Waals surface area contributed by atoms with Crippen molar-refractivity contribution in [3.8, 4) is 11.4 Å². The van der Waals surface area contributed by atoms with Crippen molar-refractivity contribution in [1.82, 2.24) is 10.1 Å². The molecular formula is C22H14F2N4O4S. The minimum atomic E-state index is -4.25. The van der Waals surface area contributed by atoms with Crippen LogP contribution in [0.4, 0.5) is 25.0 Å². The van der Waals surface area contributed by atoms with Gasteiger partial charge in [0.1, 0.15) is 23.1 Å². The number of hydrogen-bond donors (Lipinski definition) is 0. The molecule has 1 aliphatic heterocycles. The second kappa shape index (κ2) is 7.78. The summed E-state index contributed by atoms with van der Waals surface area (Å²) in [4.78, 5) is 18.6. The number of aromatic nitrogens is 2. The Hall–Kier alpha value is -4.12. The quantitative estimate of drug-likeness (QED) is 0.442. The van der Waals surface area contributed by atoms with Gasteiger partial charge in [0.2, 0.25) is 11.7 Å². The molecule has 0 atom stereocenters. The van der Waals surface area contributed by atoms with Gasteiger partial charge in [0.25, 0.3) is 10.0 Å². The monoisotopic (exact) mass is 468 g/mol. The van der Waals surface area contributed by atoms with E-state index in [1.807, 2.05) is 0 Å². The number of hydrogen-bond acceptors (Lipinski definition) is 6. The molecule has 11 heteroatoms. The highest BCUT2D eigenvalue weighted by molar-refractivity contribution is 7.94. The van der Waals surface area contributed by atoms with Crippen molar-refractivity contribution in [3.63, 3.8) is 0 Å². The fourth-order valence-corrected chi connectivity index (χ4v) is 5.08. The number of benzene rings is 3. The Labute approximate surface area is 186 Å². The fraction of sp³-hybridized carbons (Fsp3) is 0.0455. The lowest BCUT2D eigenvalue weighted by atomic mass is 10.2. The summed E-state index contributed by atoms with van der Waals surface area (Å²) in [6, 6.07) is 15.2. The largest absolute Gasteiger partial charge is 0.343 e. The van der Waals surface area contributed by atoms with Crippen LogP contribution in [0.1, 0.15) is 5.89 Å². The molecule has 0 saturated carbocycles. The van der Waals surface area contributed by atoms with E-state index >= 15 is 0 Å². The summed E-state index contributed by atoms with van der Waals surface area (Å²) in [5.41, 5.74) is 0.490. The third-order valence-corrected chi connectivity index (χ3v) is 6.73. The molecule has 0 bridgehead atoms. The summed E-state index contributed by atoms with van der Waals surface area (Å²) in [6.45, 7) is -0.245. The molecule has 1 aliphatic rings.